The number of ether oxygens (including phenoxy) is 1. The van der Waals surface area contributed by atoms with Crippen LogP contribution < -0.4 is 15.5 Å². The normalized spacial score (nSPS) is 10.4. The van der Waals surface area contributed by atoms with Crippen molar-refractivity contribution in [1.29, 1.82) is 0 Å². The van der Waals surface area contributed by atoms with Gasteiger partial charge in [0.2, 0.25) is 0 Å². The average molecular weight is 405 g/mol. The van der Waals surface area contributed by atoms with E-state index in [0.29, 0.717) is 22.6 Å². The number of amides is 2. The van der Waals surface area contributed by atoms with Crippen LogP contribution in [0.2, 0.25) is 0 Å². The van der Waals surface area contributed by atoms with Crippen LogP contribution in [0, 0.1) is 13.8 Å². The Morgan fingerprint density at radius 3 is 2.20 bits per heavy atom. The third-order valence-electron chi connectivity index (χ3n) is 4.52. The molecule has 0 saturated heterocycles. The lowest BCUT2D eigenvalue weighted by Gasteiger charge is -2.12. The molecule has 154 valence electrons. The van der Waals surface area contributed by atoms with E-state index in [4.69, 9.17) is 4.74 Å². The Hall–Kier alpha value is -3.87. The Morgan fingerprint density at radius 2 is 1.57 bits per heavy atom. The number of Topliss-reactive ketones (excluding diaryl/α,β-unsaturated/α-hetero) is 1. The predicted molar refractivity (Wildman–Crippen MR) is 115 cm³/mol. The van der Waals surface area contributed by atoms with Crippen molar-refractivity contribution >= 4 is 23.3 Å². The van der Waals surface area contributed by atoms with Gasteiger partial charge in [-0.1, -0.05) is 12.1 Å². The highest BCUT2D eigenvalue weighted by molar-refractivity contribution is 6.00. The van der Waals surface area contributed by atoms with Crippen LogP contribution in [0.25, 0.3) is 0 Å². The number of carbonyl (C=O) groups excluding carboxylic acids is 3. The van der Waals surface area contributed by atoms with Crippen molar-refractivity contribution < 1.29 is 19.1 Å². The molecular formula is C23H23N3O4. The summed E-state index contributed by atoms with van der Waals surface area (Å²) in [6.07, 6.45) is 0. The Bertz CT molecular complexity index is 1060. The minimum Gasteiger partial charge on any atom is -0.484 e. The fourth-order valence-electron chi connectivity index (χ4n) is 2.88. The molecule has 1 heterocycles. The molecule has 2 amide bonds. The molecule has 0 unspecified atom stereocenters. The van der Waals surface area contributed by atoms with Gasteiger partial charge in [-0.2, -0.15) is 0 Å². The molecule has 3 rings (SSSR count). The summed E-state index contributed by atoms with van der Waals surface area (Å²) in [5, 5.41) is 2.69. The zero-order valence-electron chi connectivity index (χ0n) is 17.1. The average Bonchev–Trinajstić information content (AvgIpc) is 3.04. The van der Waals surface area contributed by atoms with Gasteiger partial charge in [-0.3, -0.25) is 24.5 Å². The standard InChI is InChI=1S/C23H23N3O4/c1-15-7-8-16(2)26(15)25-23(29)18-9-11-21(12-10-18)30-14-22(28)24-20-6-4-5-19(13-20)17(3)27/h4-13H,14H2,1-3H3,(H,24,28)(H,25,29). The Labute approximate surface area is 174 Å². The summed E-state index contributed by atoms with van der Waals surface area (Å²) in [6, 6.07) is 17.1. The monoisotopic (exact) mass is 405 g/mol. The minimum atomic E-state index is -0.351. The molecular weight excluding hydrogens is 382 g/mol. The second-order valence-corrected chi connectivity index (χ2v) is 6.89. The molecule has 1 aromatic heterocycles. The van der Waals surface area contributed by atoms with Crippen LogP contribution in [0.3, 0.4) is 0 Å². The number of hydrogen-bond acceptors (Lipinski definition) is 4. The maximum absolute atomic E-state index is 12.4. The van der Waals surface area contributed by atoms with E-state index in [1.165, 1.54) is 6.92 Å². The number of nitrogens with zero attached hydrogens (tertiary/aromatic N) is 1. The van der Waals surface area contributed by atoms with Gasteiger partial charge in [0.25, 0.3) is 11.8 Å². The highest BCUT2D eigenvalue weighted by Gasteiger charge is 2.10. The molecule has 0 saturated carbocycles. The Morgan fingerprint density at radius 1 is 0.900 bits per heavy atom. The first-order valence-corrected chi connectivity index (χ1v) is 9.43. The van der Waals surface area contributed by atoms with Gasteiger partial charge in [0.05, 0.1) is 0 Å². The zero-order valence-corrected chi connectivity index (χ0v) is 17.1. The molecule has 0 atom stereocenters. The lowest BCUT2D eigenvalue weighted by Crippen LogP contribution is -2.24. The van der Waals surface area contributed by atoms with Gasteiger partial charge in [0.15, 0.2) is 12.4 Å². The van der Waals surface area contributed by atoms with Gasteiger partial charge in [-0.25, -0.2) is 0 Å². The lowest BCUT2D eigenvalue weighted by atomic mass is 10.1. The molecule has 0 aliphatic carbocycles. The summed E-state index contributed by atoms with van der Waals surface area (Å²) in [4.78, 5) is 35.9. The Balaban J connectivity index is 1.54. The van der Waals surface area contributed by atoms with Gasteiger partial charge < -0.3 is 10.1 Å². The molecule has 0 aliphatic heterocycles. The molecule has 0 spiro atoms. The van der Waals surface area contributed by atoms with E-state index in [1.54, 1.807) is 53.2 Å². The van der Waals surface area contributed by atoms with Gasteiger partial charge in [0.1, 0.15) is 5.75 Å². The third-order valence-corrected chi connectivity index (χ3v) is 4.52. The Kier molecular flexibility index (Phi) is 6.32. The number of rotatable bonds is 7. The number of nitrogens with one attached hydrogen (secondary N) is 2. The van der Waals surface area contributed by atoms with Gasteiger partial charge >= 0.3 is 0 Å². The number of hydrogen-bond donors (Lipinski definition) is 2. The molecule has 0 fully saturated rings. The van der Waals surface area contributed by atoms with Crippen LogP contribution in [0.4, 0.5) is 5.69 Å². The van der Waals surface area contributed by atoms with E-state index in [9.17, 15) is 14.4 Å². The summed E-state index contributed by atoms with van der Waals surface area (Å²) in [5.74, 6) is -0.204. The number of anilines is 1. The van der Waals surface area contributed by atoms with Crippen molar-refractivity contribution in [2.24, 2.45) is 0 Å². The first kappa shape index (κ1) is 20.9. The maximum atomic E-state index is 12.4. The van der Waals surface area contributed by atoms with Crippen molar-refractivity contribution in [3.8, 4) is 5.75 Å². The van der Waals surface area contributed by atoms with E-state index in [2.05, 4.69) is 10.7 Å². The van der Waals surface area contributed by atoms with E-state index < -0.39 is 0 Å². The van der Waals surface area contributed by atoms with Gasteiger partial charge in [-0.05, 0) is 69.3 Å². The van der Waals surface area contributed by atoms with Gasteiger partial charge in [-0.15, -0.1) is 0 Å². The van der Waals surface area contributed by atoms with Gasteiger partial charge in [0, 0.05) is 28.2 Å². The number of aromatic nitrogens is 1. The maximum Gasteiger partial charge on any atom is 0.270 e. The highest BCUT2D eigenvalue weighted by atomic mass is 16.5. The van der Waals surface area contributed by atoms with Crippen LogP contribution in [0.5, 0.6) is 5.75 Å². The SMILES string of the molecule is CC(=O)c1cccc(NC(=O)COc2ccc(C(=O)Nn3c(C)ccc3C)cc2)c1. The van der Waals surface area contributed by atoms with Crippen molar-refractivity contribution in [1.82, 2.24) is 4.68 Å². The molecule has 0 aliphatic rings. The third kappa shape index (κ3) is 5.14. The van der Waals surface area contributed by atoms with Crippen molar-refractivity contribution in [3.63, 3.8) is 0 Å². The van der Waals surface area contributed by atoms with Crippen LogP contribution in [0.15, 0.2) is 60.7 Å². The fourth-order valence-corrected chi connectivity index (χ4v) is 2.88. The smallest absolute Gasteiger partial charge is 0.270 e. The van der Waals surface area contributed by atoms with Crippen LogP contribution in [-0.2, 0) is 4.79 Å². The fraction of sp³-hybridized carbons (Fsp3) is 0.174. The summed E-state index contributed by atoms with van der Waals surface area (Å²) >= 11 is 0. The molecule has 2 aromatic carbocycles. The van der Waals surface area contributed by atoms with E-state index >= 15 is 0 Å². The van der Waals surface area contributed by atoms with E-state index in [-0.39, 0.29) is 24.2 Å². The molecule has 7 heteroatoms. The molecule has 2 N–H and O–H groups in total. The van der Waals surface area contributed by atoms with Crippen LogP contribution >= 0.6 is 0 Å². The molecule has 0 radical (unpaired) electrons. The number of aryl methyl sites for hydroxylation is 2. The molecule has 7 nitrogen and oxygen atoms in total. The van der Waals surface area contributed by atoms with Crippen molar-refractivity contribution in [2.45, 2.75) is 20.8 Å². The van der Waals surface area contributed by atoms with Crippen LogP contribution in [-0.4, -0.2) is 28.9 Å². The summed E-state index contributed by atoms with van der Waals surface area (Å²) < 4.78 is 7.20. The molecule has 3 aromatic rings. The summed E-state index contributed by atoms with van der Waals surface area (Å²) in [6.45, 7) is 5.09. The van der Waals surface area contributed by atoms with E-state index in [1.807, 2.05) is 26.0 Å². The minimum absolute atomic E-state index is 0.0754. The first-order valence-electron chi connectivity index (χ1n) is 9.43. The second-order valence-electron chi connectivity index (χ2n) is 6.89. The summed E-state index contributed by atoms with van der Waals surface area (Å²) in [7, 11) is 0. The van der Waals surface area contributed by atoms with Crippen molar-refractivity contribution in [2.75, 3.05) is 17.3 Å². The topological polar surface area (TPSA) is 89.4 Å². The van der Waals surface area contributed by atoms with Crippen molar-refractivity contribution in [3.05, 3.63) is 83.2 Å². The predicted octanol–water partition coefficient (Wildman–Crippen LogP) is 3.71. The molecule has 30 heavy (non-hydrogen) atoms. The first-order chi connectivity index (χ1) is 14.3. The zero-order chi connectivity index (χ0) is 21.7. The number of benzene rings is 2. The summed E-state index contributed by atoms with van der Waals surface area (Å²) in [5.41, 5.74) is 6.22. The number of carbonyl (C=O) groups is 3. The van der Waals surface area contributed by atoms with E-state index in [0.717, 1.165) is 11.4 Å². The largest absolute Gasteiger partial charge is 0.484 e. The lowest BCUT2D eigenvalue weighted by molar-refractivity contribution is -0.118. The second kappa shape index (κ2) is 9.09. The highest BCUT2D eigenvalue weighted by Crippen LogP contribution is 2.14. The molecule has 0 bridgehead atoms. The number of ketones is 1. The van der Waals surface area contributed by atoms with Crippen LogP contribution in [0.1, 0.15) is 39.0 Å². The quantitative estimate of drug-likeness (QED) is 0.587.